The zero-order valence-electron chi connectivity index (χ0n) is 15.9. The number of amides is 1. The van der Waals surface area contributed by atoms with E-state index in [1.807, 2.05) is 65.6 Å². The zero-order chi connectivity index (χ0) is 20.2. The summed E-state index contributed by atoms with van der Waals surface area (Å²) in [5, 5.41) is 6.66. The molecule has 0 bridgehead atoms. The number of carbonyl (C=O) groups is 1. The molecule has 3 aromatic heterocycles. The van der Waals surface area contributed by atoms with Crippen molar-refractivity contribution in [1.29, 1.82) is 0 Å². The van der Waals surface area contributed by atoms with Crippen LogP contribution in [-0.4, -0.2) is 31.7 Å². The summed E-state index contributed by atoms with van der Waals surface area (Å²) in [7, 11) is 0. The highest BCUT2D eigenvalue weighted by molar-refractivity contribution is 7.98. The largest absolute Gasteiger partial charge is 0.342 e. The van der Waals surface area contributed by atoms with E-state index in [0.717, 1.165) is 27.1 Å². The third-order valence-corrected chi connectivity index (χ3v) is 6.06. The van der Waals surface area contributed by atoms with Crippen LogP contribution >= 0.6 is 23.1 Å². The molecule has 1 amide bonds. The molecule has 146 valence electrons. The number of benzene rings is 1. The van der Waals surface area contributed by atoms with Gasteiger partial charge in [0.15, 0.2) is 5.16 Å². The van der Waals surface area contributed by atoms with E-state index in [4.69, 9.17) is 0 Å². The number of nitrogens with zero attached hydrogens (tertiary/aromatic N) is 4. The molecule has 0 radical (unpaired) electrons. The Morgan fingerprint density at radius 2 is 1.93 bits per heavy atom. The summed E-state index contributed by atoms with van der Waals surface area (Å²) in [5.74, 6) is -0.185. The molecule has 0 saturated heterocycles. The Morgan fingerprint density at radius 3 is 2.66 bits per heavy atom. The Morgan fingerprint density at radius 1 is 1.17 bits per heavy atom. The molecule has 3 heterocycles. The number of carbonyl (C=O) groups excluding carboxylic acids is 1. The van der Waals surface area contributed by atoms with Crippen molar-refractivity contribution in [3.05, 3.63) is 77.1 Å². The monoisotopic (exact) mass is 421 g/mol. The fraction of sp³-hybridized carbons (Fsp3) is 0.143. The van der Waals surface area contributed by atoms with Crippen LogP contribution in [0.3, 0.4) is 0 Å². The van der Waals surface area contributed by atoms with E-state index >= 15 is 0 Å². The van der Waals surface area contributed by atoms with Gasteiger partial charge >= 0.3 is 0 Å². The topological polar surface area (TPSA) is 72.7 Å². The normalized spacial score (nSPS) is 11.9. The van der Waals surface area contributed by atoms with Crippen molar-refractivity contribution in [3.63, 3.8) is 0 Å². The molecule has 1 aromatic carbocycles. The summed E-state index contributed by atoms with van der Waals surface area (Å²) < 4.78 is 1.87. The molecule has 0 aliphatic rings. The van der Waals surface area contributed by atoms with Crippen LogP contribution in [0.25, 0.3) is 16.9 Å². The Labute approximate surface area is 177 Å². The van der Waals surface area contributed by atoms with Crippen molar-refractivity contribution in [1.82, 2.24) is 24.8 Å². The number of rotatable bonds is 6. The maximum atomic E-state index is 13.0. The molecular formula is C21H19N5OS2. The summed E-state index contributed by atoms with van der Waals surface area (Å²) in [6.07, 6.45) is 7.05. The molecule has 0 saturated carbocycles. The molecule has 0 spiro atoms. The Balaban J connectivity index is 1.56. The molecule has 6 nitrogen and oxygen atoms in total. The molecule has 0 aliphatic carbocycles. The van der Waals surface area contributed by atoms with Gasteiger partial charge in [0.05, 0.1) is 17.9 Å². The SMILES string of the molecule is CSc1ncc(C(=O)NC(C)c2nc(-c3ccncc3)cs2)n1-c1ccccc1. The number of aromatic nitrogens is 4. The molecule has 0 fully saturated rings. The molecule has 1 N–H and O–H groups in total. The van der Waals surface area contributed by atoms with Gasteiger partial charge in [-0.15, -0.1) is 11.3 Å². The number of hydrogen-bond donors (Lipinski definition) is 1. The maximum absolute atomic E-state index is 13.0. The van der Waals surface area contributed by atoms with Gasteiger partial charge in [-0.1, -0.05) is 30.0 Å². The average Bonchev–Trinajstić information content (AvgIpc) is 3.42. The number of pyridine rings is 1. The van der Waals surface area contributed by atoms with E-state index in [2.05, 4.69) is 20.3 Å². The van der Waals surface area contributed by atoms with Gasteiger partial charge in [0.25, 0.3) is 5.91 Å². The summed E-state index contributed by atoms with van der Waals surface area (Å²) in [6, 6.07) is 13.4. The number of para-hydroxylation sites is 1. The highest BCUT2D eigenvalue weighted by Gasteiger charge is 2.21. The van der Waals surface area contributed by atoms with Gasteiger partial charge in [-0.05, 0) is 37.4 Å². The van der Waals surface area contributed by atoms with Crippen molar-refractivity contribution < 1.29 is 4.79 Å². The maximum Gasteiger partial charge on any atom is 0.270 e. The number of nitrogens with one attached hydrogen (secondary N) is 1. The predicted octanol–water partition coefficient (Wildman–Crippen LogP) is 4.60. The molecule has 4 aromatic rings. The fourth-order valence-corrected chi connectivity index (χ4v) is 4.32. The molecule has 1 atom stereocenters. The second-order valence-corrected chi connectivity index (χ2v) is 7.97. The lowest BCUT2D eigenvalue weighted by molar-refractivity contribution is 0.0932. The van der Waals surface area contributed by atoms with E-state index in [9.17, 15) is 4.79 Å². The van der Waals surface area contributed by atoms with Crippen LogP contribution in [0.15, 0.2) is 71.6 Å². The zero-order valence-corrected chi connectivity index (χ0v) is 17.6. The number of thioether (sulfide) groups is 1. The first kappa shape index (κ1) is 19.4. The highest BCUT2D eigenvalue weighted by Crippen LogP contribution is 2.26. The van der Waals surface area contributed by atoms with E-state index in [0.29, 0.717) is 5.69 Å². The summed E-state index contributed by atoms with van der Waals surface area (Å²) >= 11 is 3.03. The first-order valence-electron chi connectivity index (χ1n) is 9.01. The summed E-state index contributed by atoms with van der Waals surface area (Å²) in [6.45, 7) is 1.94. The van der Waals surface area contributed by atoms with E-state index < -0.39 is 0 Å². The van der Waals surface area contributed by atoms with Crippen LogP contribution in [-0.2, 0) is 0 Å². The number of hydrogen-bond acceptors (Lipinski definition) is 6. The second-order valence-electron chi connectivity index (χ2n) is 6.30. The van der Waals surface area contributed by atoms with Gasteiger partial charge < -0.3 is 5.32 Å². The van der Waals surface area contributed by atoms with Crippen molar-refractivity contribution in [3.8, 4) is 16.9 Å². The Bertz CT molecular complexity index is 1110. The number of thiazole rings is 1. The van der Waals surface area contributed by atoms with Gasteiger partial charge in [0.2, 0.25) is 0 Å². The Hall–Kier alpha value is -2.97. The molecule has 0 aliphatic heterocycles. The molecule has 29 heavy (non-hydrogen) atoms. The first-order valence-corrected chi connectivity index (χ1v) is 11.1. The van der Waals surface area contributed by atoms with Gasteiger partial charge in [-0.25, -0.2) is 9.97 Å². The van der Waals surface area contributed by atoms with Crippen LogP contribution < -0.4 is 5.32 Å². The van der Waals surface area contributed by atoms with Crippen LogP contribution in [0.5, 0.6) is 0 Å². The standard InChI is InChI=1S/C21H19N5OS2/c1-14(20-25-17(13-29-20)15-8-10-22-11-9-15)24-19(27)18-12-23-21(28-2)26(18)16-6-4-3-5-7-16/h3-14H,1-2H3,(H,24,27). The van der Waals surface area contributed by atoms with Crippen LogP contribution in [0, 0.1) is 0 Å². The lowest BCUT2D eigenvalue weighted by Crippen LogP contribution is -2.28. The second kappa shape index (κ2) is 8.59. The first-order chi connectivity index (χ1) is 14.2. The summed E-state index contributed by atoms with van der Waals surface area (Å²) in [5.41, 5.74) is 3.29. The quantitative estimate of drug-likeness (QED) is 0.461. The van der Waals surface area contributed by atoms with Crippen molar-refractivity contribution in [2.45, 2.75) is 18.1 Å². The van der Waals surface area contributed by atoms with E-state index in [1.165, 1.54) is 23.1 Å². The summed E-state index contributed by atoms with van der Waals surface area (Å²) in [4.78, 5) is 26.1. The minimum absolute atomic E-state index is 0.185. The van der Waals surface area contributed by atoms with Crippen LogP contribution in [0.1, 0.15) is 28.5 Å². The smallest absolute Gasteiger partial charge is 0.270 e. The van der Waals surface area contributed by atoms with Gasteiger partial charge in [-0.3, -0.25) is 14.3 Å². The third-order valence-electron chi connectivity index (χ3n) is 4.38. The van der Waals surface area contributed by atoms with Crippen LogP contribution in [0.2, 0.25) is 0 Å². The fourth-order valence-electron chi connectivity index (χ4n) is 2.94. The van der Waals surface area contributed by atoms with Crippen molar-refractivity contribution in [2.75, 3.05) is 6.26 Å². The lowest BCUT2D eigenvalue weighted by atomic mass is 10.2. The molecule has 4 rings (SSSR count). The van der Waals surface area contributed by atoms with Gasteiger partial charge in [-0.2, -0.15) is 0 Å². The van der Waals surface area contributed by atoms with Gasteiger partial charge in [0, 0.05) is 29.0 Å². The minimum Gasteiger partial charge on any atom is -0.342 e. The number of imidazole rings is 1. The predicted molar refractivity (Wildman–Crippen MR) is 117 cm³/mol. The third kappa shape index (κ3) is 4.08. The molecule has 8 heteroatoms. The molecule has 1 unspecified atom stereocenters. The molecular weight excluding hydrogens is 402 g/mol. The average molecular weight is 422 g/mol. The Kier molecular flexibility index (Phi) is 5.73. The minimum atomic E-state index is -0.222. The van der Waals surface area contributed by atoms with E-state index in [-0.39, 0.29) is 11.9 Å². The lowest BCUT2D eigenvalue weighted by Gasteiger charge is -2.14. The van der Waals surface area contributed by atoms with E-state index in [1.54, 1.807) is 18.6 Å². The highest BCUT2D eigenvalue weighted by atomic mass is 32.2. The van der Waals surface area contributed by atoms with Crippen LogP contribution in [0.4, 0.5) is 0 Å². The van der Waals surface area contributed by atoms with Crippen molar-refractivity contribution >= 4 is 29.0 Å². The van der Waals surface area contributed by atoms with Crippen molar-refractivity contribution in [2.24, 2.45) is 0 Å². The van der Waals surface area contributed by atoms with Gasteiger partial charge in [0.1, 0.15) is 10.7 Å².